The molecule has 1 N–H and O–H groups in total. The van der Waals surface area contributed by atoms with E-state index in [1.54, 1.807) is 0 Å². The molecule has 0 bridgehead atoms. The third-order valence-electron chi connectivity index (χ3n) is 2.69. The van der Waals surface area contributed by atoms with Gasteiger partial charge in [0, 0.05) is 18.8 Å². The zero-order valence-corrected chi connectivity index (χ0v) is 8.10. The number of nitrogens with zero attached hydrogens (tertiary/aromatic N) is 1. The van der Waals surface area contributed by atoms with Crippen LogP contribution in [0.4, 0.5) is 5.69 Å². The molecule has 0 radical (unpaired) electrons. The van der Waals surface area contributed by atoms with Gasteiger partial charge >= 0.3 is 5.97 Å². The van der Waals surface area contributed by atoms with Gasteiger partial charge in [-0.1, -0.05) is 18.2 Å². The summed E-state index contributed by atoms with van der Waals surface area (Å²) in [5.74, 6) is -0.871. The summed E-state index contributed by atoms with van der Waals surface area (Å²) in [6, 6.07) is 8.06. The number of para-hydroxylation sites is 1. The summed E-state index contributed by atoms with van der Waals surface area (Å²) < 4.78 is 0. The first-order valence-corrected chi connectivity index (χ1v) is 4.72. The topological polar surface area (TPSA) is 40.5 Å². The second-order valence-electron chi connectivity index (χ2n) is 3.73. The molecule has 1 heterocycles. The normalized spacial score (nSPS) is 16.5. The average Bonchev–Trinajstić information content (AvgIpc) is 2.05. The van der Waals surface area contributed by atoms with Gasteiger partial charge in [-0.25, -0.2) is 0 Å². The zero-order chi connectivity index (χ0) is 10.1. The van der Waals surface area contributed by atoms with Crippen molar-refractivity contribution in [3.63, 3.8) is 0 Å². The predicted octanol–water partition coefficient (Wildman–Crippen LogP) is 1.52. The quantitative estimate of drug-likeness (QED) is 0.770. The molecule has 1 aliphatic heterocycles. The third kappa shape index (κ3) is 1.45. The van der Waals surface area contributed by atoms with Gasteiger partial charge in [0.15, 0.2) is 0 Å². The van der Waals surface area contributed by atoms with E-state index in [1.165, 1.54) is 5.56 Å². The minimum Gasteiger partial charge on any atom is -0.481 e. The van der Waals surface area contributed by atoms with E-state index in [9.17, 15) is 4.79 Å². The molecule has 1 aliphatic rings. The van der Waals surface area contributed by atoms with Crippen molar-refractivity contribution in [3.05, 3.63) is 29.8 Å². The molecule has 0 amide bonds. The zero-order valence-electron chi connectivity index (χ0n) is 8.10. The van der Waals surface area contributed by atoms with Crippen molar-refractivity contribution in [1.29, 1.82) is 0 Å². The van der Waals surface area contributed by atoms with E-state index >= 15 is 0 Å². The summed E-state index contributed by atoms with van der Waals surface area (Å²) in [5.41, 5.74) is 2.36. The first-order chi connectivity index (χ1) is 6.68. The van der Waals surface area contributed by atoms with Crippen molar-refractivity contribution in [1.82, 2.24) is 0 Å². The number of anilines is 1. The fourth-order valence-electron chi connectivity index (χ4n) is 1.75. The summed E-state index contributed by atoms with van der Waals surface area (Å²) >= 11 is 0. The van der Waals surface area contributed by atoms with Crippen LogP contribution in [0.3, 0.4) is 0 Å². The van der Waals surface area contributed by atoms with Gasteiger partial charge in [-0.3, -0.25) is 4.79 Å². The first kappa shape index (κ1) is 9.06. The molecule has 1 saturated heterocycles. The lowest BCUT2D eigenvalue weighted by Gasteiger charge is -2.39. The van der Waals surface area contributed by atoms with E-state index in [-0.39, 0.29) is 5.92 Å². The van der Waals surface area contributed by atoms with Crippen molar-refractivity contribution >= 4 is 11.7 Å². The first-order valence-electron chi connectivity index (χ1n) is 4.72. The van der Waals surface area contributed by atoms with Crippen molar-refractivity contribution in [2.45, 2.75) is 6.92 Å². The van der Waals surface area contributed by atoms with Gasteiger partial charge in [0.25, 0.3) is 0 Å². The van der Waals surface area contributed by atoms with E-state index in [2.05, 4.69) is 4.90 Å². The van der Waals surface area contributed by atoms with Crippen LogP contribution in [0.2, 0.25) is 0 Å². The van der Waals surface area contributed by atoms with Crippen LogP contribution in [-0.4, -0.2) is 24.2 Å². The molecule has 1 fully saturated rings. The number of aryl methyl sites for hydroxylation is 1. The number of carboxylic acids is 1. The van der Waals surface area contributed by atoms with Gasteiger partial charge in [0.05, 0.1) is 5.92 Å². The van der Waals surface area contributed by atoms with Gasteiger partial charge in [-0.15, -0.1) is 0 Å². The van der Waals surface area contributed by atoms with Crippen molar-refractivity contribution in [3.8, 4) is 0 Å². The van der Waals surface area contributed by atoms with Crippen LogP contribution in [0.15, 0.2) is 24.3 Å². The standard InChI is InChI=1S/C11H13NO2/c1-8-4-2-3-5-10(8)12-6-9(7-12)11(13)14/h2-5,9H,6-7H2,1H3,(H,13,14). The maximum absolute atomic E-state index is 10.6. The molecule has 3 nitrogen and oxygen atoms in total. The largest absolute Gasteiger partial charge is 0.481 e. The van der Waals surface area contributed by atoms with Crippen molar-refractivity contribution in [2.24, 2.45) is 5.92 Å². The Morgan fingerprint density at radius 1 is 1.43 bits per heavy atom. The Morgan fingerprint density at radius 3 is 2.64 bits per heavy atom. The Hall–Kier alpha value is -1.51. The number of carbonyl (C=O) groups is 1. The molecule has 0 atom stereocenters. The maximum Gasteiger partial charge on any atom is 0.310 e. The number of hydrogen-bond acceptors (Lipinski definition) is 2. The number of hydrogen-bond donors (Lipinski definition) is 1. The smallest absolute Gasteiger partial charge is 0.310 e. The summed E-state index contributed by atoms with van der Waals surface area (Å²) in [6.07, 6.45) is 0. The molecule has 0 aromatic heterocycles. The van der Waals surface area contributed by atoms with E-state index in [1.807, 2.05) is 31.2 Å². The Labute approximate surface area is 83.0 Å². The molecular formula is C11H13NO2. The van der Waals surface area contributed by atoms with Crippen LogP contribution in [0.5, 0.6) is 0 Å². The van der Waals surface area contributed by atoms with Crippen LogP contribution < -0.4 is 4.90 Å². The minimum atomic E-state index is -0.685. The molecule has 0 unspecified atom stereocenters. The summed E-state index contributed by atoms with van der Waals surface area (Å²) in [5, 5.41) is 8.74. The lowest BCUT2D eigenvalue weighted by molar-refractivity contribution is -0.142. The molecule has 74 valence electrons. The molecule has 1 aromatic carbocycles. The molecule has 2 rings (SSSR count). The SMILES string of the molecule is Cc1ccccc1N1CC(C(=O)O)C1. The molecular weight excluding hydrogens is 178 g/mol. The average molecular weight is 191 g/mol. The fraction of sp³-hybridized carbons (Fsp3) is 0.364. The fourth-order valence-corrected chi connectivity index (χ4v) is 1.75. The highest BCUT2D eigenvalue weighted by atomic mass is 16.4. The highest BCUT2D eigenvalue weighted by Crippen LogP contribution is 2.27. The molecule has 0 saturated carbocycles. The Bertz CT molecular complexity index is 356. The molecule has 0 aliphatic carbocycles. The summed E-state index contributed by atoms with van der Waals surface area (Å²) in [6.45, 7) is 3.32. The van der Waals surface area contributed by atoms with Crippen LogP contribution >= 0.6 is 0 Å². The van der Waals surface area contributed by atoms with Gasteiger partial charge < -0.3 is 10.0 Å². The highest BCUT2D eigenvalue weighted by Gasteiger charge is 2.32. The Morgan fingerprint density at radius 2 is 2.07 bits per heavy atom. The van der Waals surface area contributed by atoms with Crippen molar-refractivity contribution < 1.29 is 9.90 Å². The monoisotopic (exact) mass is 191 g/mol. The van der Waals surface area contributed by atoms with Gasteiger partial charge in [0.1, 0.15) is 0 Å². The number of rotatable bonds is 2. The van der Waals surface area contributed by atoms with E-state index in [0.717, 1.165) is 5.69 Å². The highest BCUT2D eigenvalue weighted by molar-refractivity contribution is 5.75. The lowest BCUT2D eigenvalue weighted by Crippen LogP contribution is -2.50. The molecule has 0 spiro atoms. The van der Waals surface area contributed by atoms with Crippen LogP contribution in [0.25, 0.3) is 0 Å². The van der Waals surface area contributed by atoms with Crippen LogP contribution in [0.1, 0.15) is 5.56 Å². The number of carboxylic acid groups (broad SMARTS) is 1. The summed E-state index contributed by atoms with van der Waals surface area (Å²) in [7, 11) is 0. The van der Waals surface area contributed by atoms with Gasteiger partial charge in [0.2, 0.25) is 0 Å². The second kappa shape index (κ2) is 3.33. The van der Waals surface area contributed by atoms with Crippen molar-refractivity contribution in [2.75, 3.05) is 18.0 Å². The van der Waals surface area contributed by atoms with Crippen LogP contribution in [0, 0.1) is 12.8 Å². The van der Waals surface area contributed by atoms with E-state index in [0.29, 0.717) is 13.1 Å². The number of benzene rings is 1. The predicted molar refractivity (Wildman–Crippen MR) is 54.5 cm³/mol. The maximum atomic E-state index is 10.6. The Kier molecular flexibility index (Phi) is 2.15. The van der Waals surface area contributed by atoms with E-state index in [4.69, 9.17) is 5.11 Å². The van der Waals surface area contributed by atoms with E-state index < -0.39 is 5.97 Å². The van der Waals surface area contributed by atoms with Crippen LogP contribution in [-0.2, 0) is 4.79 Å². The minimum absolute atomic E-state index is 0.186. The molecule has 14 heavy (non-hydrogen) atoms. The Balaban J connectivity index is 2.07. The second-order valence-corrected chi connectivity index (χ2v) is 3.73. The number of aliphatic carboxylic acids is 1. The molecule has 1 aromatic rings. The van der Waals surface area contributed by atoms with Gasteiger partial charge in [-0.05, 0) is 18.6 Å². The van der Waals surface area contributed by atoms with Gasteiger partial charge in [-0.2, -0.15) is 0 Å². The third-order valence-corrected chi connectivity index (χ3v) is 2.69. The lowest BCUT2D eigenvalue weighted by atomic mass is 9.98. The molecule has 3 heteroatoms. The summed E-state index contributed by atoms with van der Waals surface area (Å²) in [4.78, 5) is 12.7.